The second-order valence-corrected chi connectivity index (χ2v) is 6.50. The van der Waals surface area contributed by atoms with Crippen LogP contribution in [0.15, 0.2) is 17.6 Å². The first-order chi connectivity index (χ1) is 11.6. The van der Waals surface area contributed by atoms with Gasteiger partial charge in [-0.25, -0.2) is 4.39 Å². The molecule has 3 rings (SSSR count). The van der Waals surface area contributed by atoms with Crippen LogP contribution in [0, 0.1) is 17.7 Å². The summed E-state index contributed by atoms with van der Waals surface area (Å²) in [6, 6.07) is 2.95. The van der Waals surface area contributed by atoms with Gasteiger partial charge in [-0.1, -0.05) is 17.3 Å². The number of aldehydes is 1. The molecule has 124 valence electrons. The summed E-state index contributed by atoms with van der Waals surface area (Å²) >= 11 is 1.30. The van der Waals surface area contributed by atoms with E-state index in [2.05, 4.69) is 22.0 Å². The molecular formula is C17H16FN3O2S. The van der Waals surface area contributed by atoms with E-state index in [0.29, 0.717) is 35.6 Å². The number of hydrogen-bond acceptors (Lipinski definition) is 6. The molecule has 2 atom stereocenters. The van der Waals surface area contributed by atoms with Gasteiger partial charge in [0.25, 0.3) is 0 Å². The molecule has 24 heavy (non-hydrogen) atoms. The lowest BCUT2D eigenvalue weighted by atomic mass is 10.1. The topological polar surface area (TPSA) is 55.3 Å². The largest absolute Gasteiger partial charge is 0.372 e. The van der Waals surface area contributed by atoms with Crippen molar-refractivity contribution in [2.45, 2.75) is 26.1 Å². The van der Waals surface area contributed by atoms with E-state index in [1.807, 2.05) is 18.7 Å². The Bertz CT molecular complexity index is 788. The smallest absolute Gasteiger partial charge is 0.191 e. The molecule has 0 bridgehead atoms. The van der Waals surface area contributed by atoms with Crippen molar-refractivity contribution < 1.29 is 13.9 Å². The lowest BCUT2D eigenvalue weighted by Gasteiger charge is -2.37. The number of hydrogen-bond donors (Lipinski definition) is 0. The van der Waals surface area contributed by atoms with Gasteiger partial charge in [0, 0.05) is 24.2 Å². The van der Waals surface area contributed by atoms with Crippen molar-refractivity contribution in [3.63, 3.8) is 0 Å². The zero-order valence-electron chi connectivity index (χ0n) is 13.3. The van der Waals surface area contributed by atoms with E-state index in [1.165, 1.54) is 17.4 Å². The summed E-state index contributed by atoms with van der Waals surface area (Å²) in [5.41, 5.74) is 2.61. The molecule has 0 amide bonds. The lowest BCUT2D eigenvalue weighted by molar-refractivity contribution is -0.00543. The van der Waals surface area contributed by atoms with Crippen LogP contribution in [-0.4, -0.2) is 41.8 Å². The minimum Gasteiger partial charge on any atom is -0.372 e. The molecule has 5 nitrogen and oxygen atoms in total. The Hall–Kier alpha value is -2.30. The zero-order chi connectivity index (χ0) is 17.1. The molecule has 1 aromatic heterocycles. The van der Waals surface area contributed by atoms with Crippen molar-refractivity contribution in [2.24, 2.45) is 0 Å². The van der Waals surface area contributed by atoms with Crippen LogP contribution in [-0.2, 0) is 4.74 Å². The third-order valence-electron chi connectivity index (χ3n) is 3.63. The summed E-state index contributed by atoms with van der Waals surface area (Å²) in [5, 5.41) is 8.05. The molecule has 0 aliphatic carbocycles. The minimum absolute atomic E-state index is 0.0236. The fourth-order valence-electron chi connectivity index (χ4n) is 2.83. The highest BCUT2D eigenvalue weighted by molar-refractivity contribution is 7.09. The first kappa shape index (κ1) is 16.6. The Balaban J connectivity index is 1.95. The Morgan fingerprint density at radius 3 is 2.71 bits per heavy atom. The maximum Gasteiger partial charge on any atom is 0.191 e. The standard InChI is InChI=1S/C17H16FN3O2S/c1-11-7-21(8-12(2)23-11)17-14(9-22)5-13(6-15(17)18)3-4-16-20-19-10-24-16/h5-6,9-12H,7-8H2,1-2H3. The lowest BCUT2D eigenvalue weighted by Crippen LogP contribution is -2.46. The number of nitrogens with zero attached hydrogens (tertiary/aromatic N) is 3. The monoisotopic (exact) mass is 345 g/mol. The number of carbonyl (C=O) groups excluding carboxylic acids is 1. The van der Waals surface area contributed by atoms with Gasteiger partial charge >= 0.3 is 0 Å². The molecule has 1 aliphatic rings. The number of anilines is 1. The van der Waals surface area contributed by atoms with Gasteiger partial charge in [-0.2, -0.15) is 0 Å². The minimum atomic E-state index is -0.456. The van der Waals surface area contributed by atoms with Gasteiger partial charge in [-0.3, -0.25) is 4.79 Å². The maximum absolute atomic E-state index is 14.7. The molecule has 0 N–H and O–H groups in total. The molecule has 1 aliphatic heterocycles. The van der Waals surface area contributed by atoms with Gasteiger partial charge in [-0.05, 0) is 31.9 Å². The van der Waals surface area contributed by atoms with Crippen LogP contribution < -0.4 is 4.90 Å². The second-order valence-electron chi connectivity index (χ2n) is 5.67. The number of carbonyl (C=O) groups is 1. The van der Waals surface area contributed by atoms with Crippen molar-refractivity contribution >= 4 is 23.3 Å². The van der Waals surface area contributed by atoms with Crippen LogP contribution in [0.1, 0.15) is 34.8 Å². The average molecular weight is 345 g/mol. The summed E-state index contributed by atoms with van der Waals surface area (Å²) in [7, 11) is 0. The fourth-order valence-corrected chi connectivity index (χ4v) is 3.23. The van der Waals surface area contributed by atoms with Crippen molar-refractivity contribution in [3.8, 4) is 11.8 Å². The number of benzene rings is 1. The molecule has 2 heterocycles. The summed E-state index contributed by atoms with van der Waals surface area (Å²) in [5.74, 6) is 5.18. The maximum atomic E-state index is 14.7. The molecule has 0 saturated carbocycles. The molecule has 0 spiro atoms. The van der Waals surface area contributed by atoms with Gasteiger partial charge in [0.15, 0.2) is 11.3 Å². The number of morpholine rings is 1. The Labute approximate surface area is 143 Å². The third-order valence-corrected chi connectivity index (χ3v) is 4.24. The predicted molar refractivity (Wildman–Crippen MR) is 89.9 cm³/mol. The summed E-state index contributed by atoms with van der Waals surface area (Å²) in [4.78, 5) is 13.3. The van der Waals surface area contributed by atoms with E-state index in [4.69, 9.17) is 4.74 Å². The second kappa shape index (κ2) is 7.07. The van der Waals surface area contributed by atoms with E-state index in [-0.39, 0.29) is 17.8 Å². The van der Waals surface area contributed by atoms with E-state index >= 15 is 0 Å². The van der Waals surface area contributed by atoms with E-state index in [0.717, 1.165) is 0 Å². The highest BCUT2D eigenvalue weighted by Crippen LogP contribution is 2.28. The SMILES string of the molecule is CC1CN(c2c(F)cc(C#Cc3nncs3)cc2C=O)CC(C)O1. The summed E-state index contributed by atoms with van der Waals surface area (Å²) in [6.07, 6.45) is 0.619. The average Bonchev–Trinajstić information content (AvgIpc) is 3.04. The summed E-state index contributed by atoms with van der Waals surface area (Å²) in [6.45, 7) is 4.95. The van der Waals surface area contributed by atoms with Crippen molar-refractivity contribution in [3.05, 3.63) is 39.6 Å². The Morgan fingerprint density at radius 2 is 2.08 bits per heavy atom. The van der Waals surface area contributed by atoms with Crippen LogP contribution in [0.3, 0.4) is 0 Å². The van der Waals surface area contributed by atoms with Gasteiger partial charge in [-0.15, -0.1) is 10.2 Å². The number of rotatable bonds is 2. The van der Waals surface area contributed by atoms with Crippen LogP contribution in [0.25, 0.3) is 0 Å². The van der Waals surface area contributed by atoms with E-state index in [1.54, 1.807) is 11.6 Å². The number of halogens is 1. The van der Waals surface area contributed by atoms with Gasteiger partial charge in [0.2, 0.25) is 0 Å². The first-order valence-electron chi connectivity index (χ1n) is 7.54. The molecule has 1 aromatic carbocycles. The predicted octanol–water partition coefficient (Wildman–Crippen LogP) is 2.50. The zero-order valence-corrected chi connectivity index (χ0v) is 14.1. The Kier molecular flexibility index (Phi) is 4.88. The summed E-state index contributed by atoms with van der Waals surface area (Å²) < 4.78 is 20.3. The molecule has 1 saturated heterocycles. The number of ether oxygens (including phenoxy) is 1. The van der Waals surface area contributed by atoms with Crippen LogP contribution in [0.4, 0.5) is 10.1 Å². The molecule has 2 unspecified atom stereocenters. The Morgan fingerprint density at radius 1 is 1.33 bits per heavy atom. The fraction of sp³-hybridized carbons (Fsp3) is 0.353. The van der Waals surface area contributed by atoms with E-state index in [9.17, 15) is 9.18 Å². The molecule has 0 radical (unpaired) electrons. The third kappa shape index (κ3) is 3.61. The molecule has 2 aromatic rings. The highest BCUT2D eigenvalue weighted by atomic mass is 32.1. The van der Waals surface area contributed by atoms with Gasteiger partial charge < -0.3 is 9.64 Å². The van der Waals surface area contributed by atoms with Gasteiger partial charge in [0.05, 0.1) is 17.9 Å². The molecule has 7 heteroatoms. The van der Waals surface area contributed by atoms with Crippen molar-refractivity contribution in [1.82, 2.24) is 10.2 Å². The first-order valence-corrected chi connectivity index (χ1v) is 8.42. The van der Waals surface area contributed by atoms with Gasteiger partial charge in [0.1, 0.15) is 11.3 Å². The van der Waals surface area contributed by atoms with Crippen molar-refractivity contribution in [2.75, 3.05) is 18.0 Å². The number of aromatic nitrogens is 2. The van der Waals surface area contributed by atoms with E-state index < -0.39 is 5.82 Å². The highest BCUT2D eigenvalue weighted by Gasteiger charge is 2.26. The van der Waals surface area contributed by atoms with Crippen LogP contribution in [0.5, 0.6) is 0 Å². The molecular weight excluding hydrogens is 329 g/mol. The normalized spacial score (nSPS) is 20.4. The van der Waals surface area contributed by atoms with Crippen molar-refractivity contribution in [1.29, 1.82) is 0 Å². The molecule has 1 fully saturated rings. The quantitative estimate of drug-likeness (QED) is 0.618. The van der Waals surface area contributed by atoms with Crippen LogP contribution >= 0.6 is 11.3 Å². The van der Waals surface area contributed by atoms with Crippen LogP contribution in [0.2, 0.25) is 0 Å².